The highest BCUT2D eigenvalue weighted by Crippen LogP contribution is 2.46. The van der Waals surface area contributed by atoms with Gasteiger partial charge in [-0.1, -0.05) is 0 Å². The van der Waals surface area contributed by atoms with Crippen LogP contribution in [0.5, 0.6) is 0 Å². The van der Waals surface area contributed by atoms with Crippen molar-refractivity contribution in [2.45, 2.75) is 74.4 Å². The number of likely N-dealkylation sites (tertiary alicyclic amines) is 1. The van der Waals surface area contributed by atoms with Gasteiger partial charge in [-0.3, -0.25) is 9.80 Å². The van der Waals surface area contributed by atoms with Gasteiger partial charge in [0.05, 0.1) is 24.4 Å². The van der Waals surface area contributed by atoms with Crippen molar-refractivity contribution in [3.05, 3.63) is 24.2 Å². The minimum absolute atomic E-state index is 0.0387. The molecule has 6 rings (SSSR count). The second kappa shape index (κ2) is 9.89. The topological polar surface area (TPSA) is 73.6 Å². The lowest BCUT2D eigenvalue weighted by atomic mass is 10.0. The fraction of sp³-hybridized carbons (Fsp3) is 0.760. The zero-order valence-corrected chi connectivity index (χ0v) is 21.8. The van der Waals surface area contributed by atoms with E-state index in [1.54, 1.807) is 18.1 Å². The van der Waals surface area contributed by atoms with Crippen molar-refractivity contribution in [2.24, 2.45) is 0 Å². The quantitative estimate of drug-likeness (QED) is 0.530. The molecule has 4 saturated heterocycles. The van der Waals surface area contributed by atoms with Crippen LogP contribution in [0.1, 0.15) is 44.9 Å². The molecule has 9 nitrogen and oxygen atoms in total. The van der Waals surface area contributed by atoms with E-state index in [0.717, 1.165) is 62.2 Å². The fourth-order valence-electron chi connectivity index (χ4n) is 6.22. The van der Waals surface area contributed by atoms with E-state index in [4.69, 9.17) is 18.9 Å². The van der Waals surface area contributed by atoms with Crippen molar-refractivity contribution in [3.8, 4) is 0 Å². The van der Waals surface area contributed by atoms with E-state index in [2.05, 4.69) is 32.0 Å². The molecule has 0 N–H and O–H groups in total. The summed E-state index contributed by atoms with van der Waals surface area (Å²) < 4.78 is 27.1. The Balaban J connectivity index is 1.19. The van der Waals surface area contributed by atoms with Crippen LogP contribution in [0.25, 0.3) is 5.52 Å². The van der Waals surface area contributed by atoms with Crippen LogP contribution >= 0.6 is 11.8 Å². The minimum Gasteiger partial charge on any atom is -0.379 e. The van der Waals surface area contributed by atoms with E-state index in [9.17, 15) is 0 Å². The smallest absolute Gasteiger partial charge is 0.164 e. The molecular formula is C25H37N5O4S. The summed E-state index contributed by atoms with van der Waals surface area (Å²) in [6.45, 7) is 11.0. The van der Waals surface area contributed by atoms with E-state index in [1.165, 1.54) is 19.3 Å². The molecule has 0 aromatic carbocycles. The summed E-state index contributed by atoms with van der Waals surface area (Å²) >= 11 is 1.62. The van der Waals surface area contributed by atoms with Crippen LogP contribution in [0.3, 0.4) is 0 Å². The number of fused-ring (bicyclic) bond motifs is 2. The largest absolute Gasteiger partial charge is 0.379 e. The molecule has 0 radical (unpaired) electrons. The molecule has 35 heavy (non-hydrogen) atoms. The molecule has 2 aromatic rings. The molecule has 6 heterocycles. The van der Waals surface area contributed by atoms with Crippen molar-refractivity contribution in [1.29, 1.82) is 0 Å². The van der Waals surface area contributed by atoms with Gasteiger partial charge >= 0.3 is 0 Å². The Kier molecular flexibility index (Phi) is 6.81. The van der Waals surface area contributed by atoms with E-state index >= 15 is 0 Å². The zero-order valence-electron chi connectivity index (χ0n) is 21.0. The van der Waals surface area contributed by atoms with Crippen molar-refractivity contribution >= 4 is 17.3 Å². The van der Waals surface area contributed by atoms with Crippen LogP contribution in [0.4, 0.5) is 0 Å². The van der Waals surface area contributed by atoms with E-state index in [-0.39, 0.29) is 24.4 Å². The van der Waals surface area contributed by atoms with Gasteiger partial charge in [-0.15, -0.1) is 11.8 Å². The number of hydrogen-bond acceptors (Lipinski definition) is 9. The highest BCUT2D eigenvalue weighted by Gasteiger charge is 2.56. The van der Waals surface area contributed by atoms with Gasteiger partial charge < -0.3 is 18.9 Å². The maximum Gasteiger partial charge on any atom is 0.164 e. The number of ether oxygens (including phenoxy) is 4. The van der Waals surface area contributed by atoms with Crippen LogP contribution in [0, 0.1) is 0 Å². The predicted octanol–water partition coefficient (Wildman–Crippen LogP) is 2.60. The van der Waals surface area contributed by atoms with Crippen molar-refractivity contribution in [3.63, 3.8) is 0 Å². The maximum atomic E-state index is 6.75. The molecule has 0 bridgehead atoms. The number of nitrogens with zero attached hydrogens (tertiary/aromatic N) is 5. The van der Waals surface area contributed by atoms with E-state index in [0.29, 0.717) is 6.04 Å². The van der Waals surface area contributed by atoms with Gasteiger partial charge in [-0.05, 0) is 64.6 Å². The van der Waals surface area contributed by atoms with Gasteiger partial charge in [0.25, 0.3) is 0 Å². The van der Waals surface area contributed by atoms with E-state index < -0.39 is 5.79 Å². The second-order valence-corrected chi connectivity index (χ2v) is 11.3. The molecule has 0 amide bonds. The molecule has 4 aliphatic heterocycles. The second-order valence-electron chi connectivity index (χ2n) is 10.5. The Bertz CT molecular complexity index is 1030. The lowest BCUT2D eigenvalue weighted by Crippen LogP contribution is -2.44. The van der Waals surface area contributed by atoms with Crippen molar-refractivity contribution in [1.82, 2.24) is 24.4 Å². The van der Waals surface area contributed by atoms with Crippen LogP contribution in [0.2, 0.25) is 0 Å². The van der Waals surface area contributed by atoms with Crippen molar-refractivity contribution in [2.75, 3.05) is 52.2 Å². The first-order valence-corrected chi connectivity index (χ1v) is 14.2. The molecule has 0 unspecified atom stereocenters. The Morgan fingerprint density at radius 1 is 1.11 bits per heavy atom. The summed E-state index contributed by atoms with van der Waals surface area (Å²) in [4.78, 5) is 9.58. The molecule has 4 fully saturated rings. The summed E-state index contributed by atoms with van der Waals surface area (Å²) in [6.07, 6.45) is 6.84. The van der Waals surface area contributed by atoms with Gasteiger partial charge in [0.1, 0.15) is 35.8 Å². The molecule has 0 saturated carbocycles. The average molecular weight is 504 g/mol. The fourth-order valence-corrected chi connectivity index (χ4v) is 6.74. The van der Waals surface area contributed by atoms with Crippen molar-refractivity contribution < 1.29 is 18.9 Å². The summed E-state index contributed by atoms with van der Waals surface area (Å²) in [6, 6.07) is 4.78. The number of aromatic nitrogens is 3. The normalized spacial score (nSPS) is 33.6. The average Bonchev–Trinajstić information content (AvgIpc) is 3.62. The molecule has 10 heteroatoms. The lowest BCUT2D eigenvalue weighted by molar-refractivity contribution is -0.190. The lowest BCUT2D eigenvalue weighted by Gasteiger charge is -2.32. The Labute approximate surface area is 211 Å². The minimum atomic E-state index is -0.622. The standard InChI is InChI=1S/C25H37N5O4S/c1-25(2)33-22-20(15-29-9-4-5-17(29)8-10-28-11-13-31-14-12-28)32-21(23(22)34-25)18-6-7-19-24(35-3)26-16-27-30(18)19/h6-7,16-17,20-23H,4-5,8-15H2,1-3H3/t17-,20+,21-,22+,23-/m0/s1. The number of rotatable bonds is 7. The summed E-state index contributed by atoms with van der Waals surface area (Å²) in [5.41, 5.74) is 2.00. The zero-order chi connectivity index (χ0) is 24.0. The molecule has 0 spiro atoms. The summed E-state index contributed by atoms with van der Waals surface area (Å²) in [5.74, 6) is -0.622. The summed E-state index contributed by atoms with van der Waals surface area (Å²) in [5, 5.41) is 5.51. The maximum absolute atomic E-state index is 6.75. The molecular weight excluding hydrogens is 466 g/mol. The highest BCUT2D eigenvalue weighted by molar-refractivity contribution is 7.98. The van der Waals surface area contributed by atoms with Gasteiger partial charge in [-0.25, -0.2) is 9.50 Å². The highest BCUT2D eigenvalue weighted by atomic mass is 32.2. The van der Waals surface area contributed by atoms with Gasteiger partial charge in [0, 0.05) is 25.7 Å². The van der Waals surface area contributed by atoms with Crippen LogP contribution in [-0.2, 0) is 18.9 Å². The van der Waals surface area contributed by atoms with Gasteiger partial charge in [0.2, 0.25) is 0 Å². The first-order chi connectivity index (χ1) is 17.0. The Morgan fingerprint density at radius 3 is 2.77 bits per heavy atom. The monoisotopic (exact) mass is 503 g/mol. The SMILES string of the molecule is CSc1ncnn2c([C@@H]3O[C@H](CN4CCC[C@H]4CCN4CCOCC4)[C@H]4OC(C)(C)O[C@H]43)ccc12. The Morgan fingerprint density at radius 2 is 1.94 bits per heavy atom. The summed E-state index contributed by atoms with van der Waals surface area (Å²) in [7, 11) is 0. The third-order valence-corrected chi connectivity index (χ3v) is 8.58. The van der Waals surface area contributed by atoms with E-state index in [1.807, 2.05) is 24.6 Å². The number of morpholine rings is 1. The molecule has 2 aromatic heterocycles. The third-order valence-electron chi connectivity index (χ3n) is 7.88. The number of hydrogen-bond donors (Lipinski definition) is 0. The van der Waals surface area contributed by atoms with Gasteiger partial charge in [0.15, 0.2) is 5.79 Å². The first kappa shape index (κ1) is 24.1. The van der Waals surface area contributed by atoms with Crippen LogP contribution in [0.15, 0.2) is 23.5 Å². The van der Waals surface area contributed by atoms with Crippen LogP contribution < -0.4 is 0 Å². The molecule has 192 valence electrons. The third kappa shape index (κ3) is 4.74. The molecule has 0 aliphatic carbocycles. The molecule has 5 atom stereocenters. The Hall–Kier alpha value is -1.27. The van der Waals surface area contributed by atoms with Gasteiger partial charge in [-0.2, -0.15) is 5.10 Å². The van der Waals surface area contributed by atoms with Crippen LogP contribution in [-0.4, -0.2) is 107 Å². The number of thioether (sulfide) groups is 1. The predicted molar refractivity (Wildman–Crippen MR) is 133 cm³/mol. The molecule has 4 aliphatic rings. The first-order valence-electron chi connectivity index (χ1n) is 12.9.